The van der Waals surface area contributed by atoms with Gasteiger partial charge < -0.3 is 10.0 Å². The fraction of sp³-hybridized carbons (Fsp3) is 0.529. The van der Waals surface area contributed by atoms with Crippen molar-refractivity contribution >= 4 is 17.6 Å². The first-order valence-electron chi connectivity index (χ1n) is 8.18. The minimum Gasteiger partial charge on any atom is -0.478 e. The molecule has 0 radical (unpaired) electrons. The number of rotatable bonds is 5. The molecule has 0 spiro atoms. The second-order valence-electron chi connectivity index (χ2n) is 6.25. The highest BCUT2D eigenvalue weighted by atomic mass is 16.6. The number of aromatic carboxylic acids is 1. The molecule has 1 aliphatic carbocycles. The number of carbonyl (C=O) groups excluding carboxylic acids is 1. The maximum atomic E-state index is 12.9. The van der Waals surface area contributed by atoms with Gasteiger partial charge in [-0.15, -0.1) is 0 Å². The maximum Gasteiger partial charge on any atom is 0.335 e. The molecule has 1 N–H and O–H groups in total. The van der Waals surface area contributed by atoms with Gasteiger partial charge in [-0.2, -0.15) is 0 Å². The molecule has 7 heteroatoms. The van der Waals surface area contributed by atoms with Crippen LogP contribution in [0.15, 0.2) is 18.2 Å². The summed E-state index contributed by atoms with van der Waals surface area (Å²) >= 11 is 0. The number of amides is 1. The van der Waals surface area contributed by atoms with Gasteiger partial charge >= 0.3 is 5.97 Å². The molecule has 1 fully saturated rings. The SMILES string of the molecule is CCN(C(=O)c1cc(C(=O)O)cc([N+](=O)[O-])c1)C1CCCCC1C. The van der Waals surface area contributed by atoms with Crippen LogP contribution >= 0.6 is 0 Å². The van der Waals surface area contributed by atoms with Crippen LogP contribution in [0.5, 0.6) is 0 Å². The Morgan fingerprint density at radius 3 is 2.42 bits per heavy atom. The van der Waals surface area contributed by atoms with Crippen LogP contribution in [0.4, 0.5) is 5.69 Å². The van der Waals surface area contributed by atoms with E-state index < -0.39 is 10.9 Å². The van der Waals surface area contributed by atoms with E-state index in [1.165, 1.54) is 6.07 Å². The predicted octanol–water partition coefficient (Wildman–Crippen LogP) is 3.33. The van der Waals surface area contributed by atoms with Crippen LogP contribution in [0.25, 0.3) is 0 Å². The first-order valence-corrected chi connectivity index (χ1v) is 8.18. The number of hydrogen-bond acceptors (Lipinski definition) is 4. The molecule has 1 aromatic rings. The summed E-state index contributed by atoms with van der Waals surface area (Å²) in [6.07, 6.45) is 4.14. The lowest BCUT2D eigenvalue weighted by Gasteiger charge is -2.38. The van der Waals surface area contributed by atoms with Crippen LogP contribution in [0.1, 0.15) is 60.2 Å². The molecule has 1 aromatic carbocycles. The molecule has 7 nitrogen and oxygen atoms in total. The minimum absolute atomic E-state index is 0.0567. The van der Waals surface area contributed by atoms with Gasteiger partial charge in [0.15, 0.2) is 0 Å². The van der Waals surface area contributed by atoms with Gasteiger partial charge in [0.25, 0.3) is 11.6 Å². The summed E-state index contributed by atoms with van der Waals surface area (Å²) in [6, 6.07) is 3.43. The highest BCUT2D eigenvalue weighted by molar-refractivity contribution is 5.98. The summed E-state index contributed by atoms with van der Waals surface area (Å²) in [4.78, 5) is 36.1. The summed E-state index contributed by atoms with van der Waals surface area (Å²) in [5, 5.41) is 20.2. The normalized spacial score (nSPS) is 20.4. The Bertz CT molecular complexity index is 626. The minimum atomic E-state index is -1.29. The summed E-state index contributed by atoms with van der Waals surface area (Å²) in [5.74, 6) is -1.27. The van der Waals surface area contributed by atoms with Crippen LogP contribution < -0.4 is 0 Å². The van der Waals surface area contributed by atoms with E-state index >= 15 is 0 Å². The van der Waals surface area contributed by atoms with Gasteiger partial charge in [-0.3, -0.25) is 14.9 Å². The second kappa shape index (κ2) is 7.42. The highest BCUT2D eigenvalue weighted by Crippen LogP contribution is 2.29. The predicted molar refractivity (Wildman–Crippen MR) is 88.2 cm³/mol. The third kappa shape index (κ3) is 3.72. The monoisotopic (exact) mass is 334 g/mol. The highest BCUT2D eigenvalue weighted by Gasteiger charge is 2.31. The smallest absolute Gasteiger partial charge is 0.335 e. The average molecular weight is 334 g/mol. The molecule has 130 valence electrons. The third-order valence-electron chi connectivity index (χ3n) is 4.69. The summed E-state index contributed by atoms with van der Waals surface area (Å²) in [5.41, 5.74) is -0.576. The van der Waals surface area contributed by atoms with Crippen LogP contribution in [-0.4, -0.2) is 39.4 Å². The van der Waals surface area contributed by atoms with Gasteiger partial charge in [0.2, 0.25) is 0 Å². The lowest BCUT2D eigenvalue weighted by atomic mass is 9.84. The van der Waals surface area contributed by atoms with Crippen LogP contribution in [0, 0.1) is 16.0 Å². The molecule has 0 heterocycles. The lowest BCUT2D eigenvalue weighted by Crippen LogP contribution is -2.45. The average Bonchev–Trinajstić information content (AvgIpc) is 2.56. The molecule has 0 aliphatic heterocycles. The number of nitro groups is 1. The standard InChI is InChI=1S/C17H22N2O5/c1-3-18(15-7-5-4-6-11(15)2)16(20)12-8-13(17(21)22)10-14(9-12)19(23)24/h8-11,15H,3-7H2,1-2H3,(H,21,22). The fourth-order valence-electron chi connectivity index (χ4n) is 3.42. The number of carbonyl (C=O) groups is 2. The number of non-ortho nitro benzene ring substituents is 1. The molecule has 2 rings (SSSR count). The molecular formula is C17H22N2O5. The van der Waals surface area contributed by atoms with Gasteiger partial charge in [-0.05, 0) is 31.7 Å². The van der Waals surface area contributed by atoms with E-state index in [0.717, 1.165) is 37.8 Å². The summed E-state index contributed by atoms with van der Waals surface area (Å²) < 4.78 is 0. The Morgan fingerprint density at radius 2 is 1.88 bits per heavy atom. The third-order valence-corrected chi connectivity index (χ3v) is 4.69. The van der Waals surface area contributed by atoms with E-state index in [0.29, 0.717) is 12.5 Å². The fourth-order valence-corrected chi connectivity index (χ4v) is 3.42. The zero-order valence-corrected chi connectivity index (χ0v) is 13.9. The second-order valence-corrected chi connectivity index (χ2v) is 6.25. The van der Waals surface area contributed by atoms with Crippen molar-refractivity contribution in [1.29, 1.82) is 0 Å². The Morgan fingerprint density at radius 1 is 1.25 bits per heavy atom. The van der Waals surface area contributed by atoms with E-state index in [-0.39, 0.29) is 28.8 Å². The van der Waals surface area contributed by atoms with Crippen molar-refractivity contribution in [3.63, 3.8) is 0 Å². The molecule has 1 aliphatic rings. The zero-order chi connectivity index (χ0) is 17.9. The maximum absolute atomic E-state index is 12.9. The summed E-state index contributed by atoms with van der Waals surface area (Å²) in [6.45, 7) is 4.46. The van der Waals surface area contributed by atoms with Crippen LogP contribution in [0.3, 0.4) is 0 Å². The molecule has 2 atom stereocenters. The van der Waals surface area contributed by atoms with Crippen molar-refractivity contribution in [1.82, 2.24) is 4.90 Å². The topological polar surface area (TPSA) is 101 Å². The van der Waals surface area contributed by atoms with Crippen molar-refractivity contribution < 1.29 is 19.6 Å². The number of carboxylic acid groups (broad SMARTS) is 1. The van der Waals surface area contributed by atoms with Crippen molar-refractivity contribution in [2.75, 3.05) is 6.54 Å². The first kappa shape index (κ1) is 17.9. The van der Waals surface area contributed by atoms with Gasteiger partial charge in [-0.1, -0.05) is 19.8 Å². The van der Waals surface area contributed by atoms with Gasteiger partial charge in [0.1, 0.15) is 0 Å². The van der Waals surface area contributed by atoms with Crippen LogP contribution in [-0.2, 0) is 0 Å². The molecular weight excluding hydrogens is 312 g/mol. The van der Waals surface area contributed by atoms with E-state index in [4.69, 9.17) is 5.11 Å². The Labute approximate surface area is 140 Å². The molecule has 0 saturated heterocycles. The lowest BCUT2D eigenvalue weighted by molar-refractivity contribution is -0.384. The molecule has 1 amide bonds. The quantitative estimate of drug-likeness (QED) is 0.657. The molecule has 24 heavy (non-hydrogen) atoms. The number of benzene rings is 1. The van der Waals surface area contributed by atoms with Gasteiger partial charge in [0, 0.05) is 30.3 Å². The Hall–Kier alpha value is -2.44. The Kier molecular flexibility index (Phi) is 5.54. The number of carboxylic acids is 1. The van der Waals surface area contributed by atoms with E-state index in [9.17, 15) is 19.7 Å². The molecule has 2 unspecified atom stereocenters. The largest absolute Gasteiger partial charge is 0.478 e. The van der Waals surface area contributed by atoms with Crippen molar-refractivity contribution in [3.8, 4) is 0 Å². The molecule has 1 saturated carbocycles. The van der Waals surface area contributed by atoms with Gasteiger partial charge in [-0.25, -0.2) is 4.79 Å². The van der Waals surface area contributed by atoms with Crippen LogP contribution in [0.2, 0.25) is 0 Å². The first-order chi connectivity index (χ1) is 11.3. The van der Waals surface area contributed by atoms with Crippen molar-refractivity contribution in [3.05, 3.63) is 39.4 Å². The number of nitro benzene ring substituents is 1. The van der Waals surface area contributed by atoms with Gasteiger partial charge in [0.05, 0.1) is 10.5 Å². The molecule has 0 aromatic heterocycles. The number of hydrogen-bond donors (Lipinski definition) is 1. The van der Waals surface area contributed by atoms with E-state index in [2.05, 4.69) is 6.92 Å². The van der Waals surface area contributed by atoms with E-state index in [1.54, 1.807) is 4.90 Å². The Balaban J connectivity index is 2.39. The number of nitrogens with zero attached hydrogens (tertiary/aromatic N) is 2. The van der Waals surface area contributed by atoms with E-state index in [1.807, 2.05) is 6.92 Å². The van der Waals surface area contributed by atoms with Crippen molar-refractivity contribution in [2.45, 2.75) is 45.6 Å². The van der Waals surface area contributed by atoms with Crippen molar-refractivity contribution in [2.24, 2.45) is 5.92 Å². The molecule has 0 bridgehead atoms. The zero-order valence-electron chi connectivity index (χ0n) is 13.9. The summed E-state index contributed by atoms with van der Waals surface area (Å²) in [7, 11) is 0.